The Morgan fingerprint density at radius 2 is 1.76 bits per heavy atom. The lowest BCUT2D eigenvalue weighted by Gasteiger charge is -2.30. The molecule has 5 heteroatoms. The molecule has 0 spiro atoms. The molecule has 0 aliphatic carbocycles. The van der Waals surface area contributed by atoms with Crippen molar-refractivity contribution in [1.29, 1.82) is 0 Å². The maximum atomic E-state index is 12.5. The Balaban J connectivity index is 0.000000989. The smallest absolute Gasteiger partial charge is 0.336 e. The van der Waals surface area contributed by atoms with E-state index < -0.39 is 11.2 Å². The molecule has 0 atom stereocenters. The van der Waals surface area contributed by atoms with E-state index >= 15 is 0 Å². The number of carbonyl (C=O) groups is 1. The summed E-state index contributed by atoms with van der Waals surface area (Å²) in [4.78, 5) is 24.5. The van der Waals surface area contributed by atoms with Crippen LogP contribution >= 0.6 is 0 Å². The van der Waals surface area contributed by atoms with E-state index in [2.05, 4.69) is 0 Å². The summed E-state index contributed by atoms with van der Waals surface area (Å²) in [6, 6.07) is 1.44. The van der Waals surface area contributed by atoms with E-state index in [9.17, 15) is 14.7 Å². The summed E-state index contributed by atoms with van der Waals surface area (Å²) >= 11 is 0. The summed E-state index contributed by atoms with van der Waals surface area (Å²) < 4.78 is 11.5. The number of Topliss-reactive ketones (excluding diaryl/α,β-unsaturated/α-hetero) is 1. The Kier molecular flexibility index (Phi) is 8.68. The first-order chi connectivity index (χ1) is 13.8. The highest BCUT2D eigenvalue weighted by Gasteiger charge is 2.31. The predicted molar refractivity (Wildman–Crippen MR) is 119 cm³/mol. The Morgan fingerprint density at radius 3 is 2.31 bits per heavy atom. The second kappa shape index (κ2) is 10.3. The molecule has 2 heterocycles. The summed E-state index contributed by atoms with van der Waals surface area (Å²) in [7, 11) is 0. The van der Waals surface area contributed by atoms with Crippen LogP contribution in [-0.4, -0.2) is 16.5 Å². The van der Waals surface area contributed by atoms with Crippen LogP contribution in [0.3, 0.4) is 0 Å². The molecule has 3 rings (SSSR count). The summed E-state index contributed by atoms with van der Waals surface area (Å²) in [6.45, 7) is 15.5. The average molecular weight is 403 g/mol. The van der Waals surface area contributed by atoms with E-state index in [4.69, 9.17) is 9.15 Å². The van der Waals surface area contributed by atoms with Gasteiger partial charge in [-0.05, 0) is 38.0 Å². The molecule has 5 nitrogen and oxygen atoms in total. The zero-order chi connectivity index (χ0) is 22.4. The maximum absolute atomic E-state index is 12.5. The number of phenolic OH excluding ortho intramolecular Hbond substituents is 1. The number of ketones is 1. The van der Waals surface area contributed by atoms with Crippen LogP contribution in [0.2, 0.25) is 0 Å². The van der Waals surface area contributed by atoms with Crippen LogP contribution < -0.4 is 10.4 Å². The molecule has 1 N–H and O–H groups in total. The zero-order valence-electron chi connectivity index (χ0n) is 18.9. The van der Waals surface area contributed by atoms with Crippen molar-refractivity contribution in [2.24, 2.45) is 0 Å². The van der Waals surface area contributed by atoms with Gasteiger partial charge in [-0.1, -0.05) is 48.0 Å². The number of hydrogen-bond donors (Lipinski definition) is 1. The van der Waals surface area contributed by atoms with Gasteiger partial charge in [0.1, 0.15) is 22.7 Å². The molecule has 1 aliphatic rings. The summed E-state index contributed by atoms with van der Waals surface area (Å²) in [5.74, 6) is -0.0157. The molecule has 160 valence electrons. The normalized spacial score (nSPS) is 13.4. The van der Waals surface area contributed by atoms with Gasteiger partial charge in [-0.15, -0.1) is 0 Å². The van der Waals surface area contributed by atoms with Crippen molar-refractivity contribution in [3.05, 3.63) is 39.3 Å². The number of benzene rings is 1. The summed E-state index contributed by atoms with van der Waals surface area (Å²) in [6.07, 6.45) is 5.26. The number of rotatable bonds is 4. The number of ether oxygens (including phenoxy) is 1. The monoisotopic (exact) mass is 402 g/mol. The standard InChI is InChI=1S/C20H22O5.2C2H6/c1-5-7-11-10-14(22)24-19-15(11)18-12(8-9-20(3,4)25-18)17(23)16(19)13(21)6-2;2*1-2/h8-10,23H,5-7H2,1-4H3;2*1-2H3. The zero-order valence-corrected chi connectivity index (χ0v) is 18.9. The first-order valence-electron chi connectivity index (χ1n) is 10.6. The minimum atomic E-state index is -0.567. The van der Waals surface area contributed by atoms with Crippen molar-refractivity contribution in [3.63, 3.8) is 0 Å². The Morgan fingerprint density at radius 1 is 1.14 bits per heavy atom. The first-order valence-corrected chi connectivity index (χ1v) is 10.6. The highest BCUT2D eigenvalue weighted by atomic mass is 16.5. The summed E-state index contributed by atoms with van der Waals surface area (Å²) in [5.41, 5.74) is 0.286. The van der Waals surface area contributed by atoms with E-state index in [0.29, 0.717) is 23.1 Å². The molecule has 0 saturated carbocycles. The molecule has 0 saturated heterocycles. The molecule has 2 aromatic rings. The third-order valence-electron chi connectivity index (χ3n) is 4.37. The fourth-order valence-corrected chi connectivity index (χ4v) is 3.19. The molecule has 1 aromatic carbocycles. The van der Waals surface area contributed by atoms with Gasteiger partial charge in [-0.25, -0.2) is 4.79 Å². The Labute approximate surface area is 173 Å². The van der Waals surface area contributed by atoms with Gasteiger partial charge in [0.2, 0.25) is 0 Å². The third-order valence-corrected chi connectivity index (χ3v) is 4.37. The van der Waals surface area contributed by atoms with E-state index in [1.54, 1.807) is 13.0 Å². The Bertz CT molecular complexity index is 948. The van der Waals surface area contributed by atoms with Gasteiger partial charge >= 0.3 is 5.63 Å². The number of aryl methyl sites for hydroxylation is 1. The molecule has 29 heavy (non-hydrogen) atoms. The van der Waals surface area contributed by atoms with Gasteiger partial charge in [0, 0.05) is 12.5 Å². The molecule has 1 aromatic heterocycles. The minimum Gasteiger partial charge on any atom is -0.506 e. The van der Waals surface area contributed by atoms with Crippen LogP contribution in [0.1, 0.15) is 89.7 Å². The number of hydrogen-bond acceptors (Lipinski definition) is 5. The maximum Gasteiger partial charge on any atom is 0.336 e. The largest absolute Gasteiger partial charge is 0.506 e. The molecule has 0 radical (unpaired) electrons. The van der Waals surface area contributed by atoms with Gasteiger partial charge < -0.3 is 14.3 Å². The van der Waals surface area contributed by atoms with Crippen molar-refractivity contribution in [3.8, 4) is 11.5 Å². The average Bonchev–Trinajstić information content (AvgIpc) is 2.70. The Hall–Kier alpha value is -2.56. The second-order valence-corrected chi connectivity index (χ2v) is 6.83. The lowest BCUT2D eigenvalue weighted by Crippen LogP contribution is -2.28. The van der Waals surface area contributed by atoms with Crippen molar-refractivity contribution >= 4 is 22.8 Å². The highest BCUT2D eigenvalue weighted by molar-refractivity contribution is 6.12. The van der Waals surface area contributed by atoms with Gasteiger partial charge in [0.15, 0.2) is 11.4 Å². The van der Waals surface area contributed by atoms with Gasteiger partial charge in [0.05, 0.1) is 10.9 Å². The van der Waals surface area contributed by atoms with Gasteiger partial charge in [-0.2, -0.15) is 0 Å². The molecule has 0 amide bonds. The molecule has 0 unspecified atom stereocenters. The van der Waals surface area contributed by atoms with Crippen LogP contribution in [0.5, 0.6) is 11.5 Å². The minimum absolute atomic E-state index is 0.0549. The second-order valence-electron chi connectivity index (χ2n) is 6.83. The van der Waals surface area contributed by atoms with Crippen molar-refractivity contribution in [2.75, 3.05) is 0 Å². The quantitative estimate of drug-likeness (QED) is 0.481. The number of carbonyl (C=O) groups excluding carboxylic acids is 1. The van der Waals surface area contributed by atoms with Crippen molar-refractivity contribution < 1.29 is 19.1 Å². The van der Waals surface area contributed by atoms with E-state index in [1.165, 1.54) is 6.07 Å². The molecular weight excluding hydrogens is 368 g/mol. The van der Waals surface area contributed by atoms with Crippen LogP contribution in [-0.2, 0) is 6.42 Å². The van der Waals surface area contributed by atoms with E-state index in [-0.39, 0.29) is 29.1 Å². The SMILES string of the molecule is CC.CC.CCCc1cc(=O)oc2c(C(=O)CC)c(O)c3c(c12)OC(C)(C)C=C3. The third kappa shape index (κ3) is 4.89. The van der Waals surface area contributed by atoms with E-state index in [0.717, 1.165) is 12.0 Å². The van der Waals surface area contributed by atoms with Crippen LogP contribution in [0, 0.1) is 0 Å². The van der Waals surface area contributed by atoms with E-state index in [1.807, 2.05) is 54.5 Å². The predicted octanol–water partition coefficient (Wildman–Crippen LogP) is 6.28. The number of phenols is 1. The fraction of sp³-hybridized carbons (Fsp3) is 0.500. The van der Waals surface area contributed by atoms with Crippen LogP contribution in [0.15, 0.2) is 21.4 Å². The van der Waals surface area contributed by atoms with Gasteiger partial charge in [0.25, 0.3) is 0 Å². The number of aromatic hydroxyl groups is 1. The van der Waals surface area contributed by atoms with Gasteiger partial charge in [-0.3, -0.25) is 4.79 Å². The lowest BCUT2D eigenvalue weighted by molar-refractivity contribution is 0.0986. The molecular formula is C24H34O5. The number of fused-ring (bicyclic) bond motifs is 3. The summed E-state index contributed by atoms with van der Waals surface area (Å²) in [5, 5.41) is 11.3. The van der Waals surface area contributed by atoms with Crippen LogP contribution in [0.25, 0.3) is 17.0 Å². The molecule has 0 fully saturated rings. The van der Waals surface area contributed by atoms with Crippen molar-refractivity contribution in [1.82, 2.24) is 0 Å². The molecule has 0 bridgehead atoms. The topological polar surface area (TPSA) is 76.7 Å². The lowest BCUT2D eigenvalue weighted by atomic mass is 9.92. The first kappa shape index (κ1) is 24.5. The van der Waals surface area contributed by atoms with Crippen molar-refractivity contribution in [2.45, 2.75) is 80.3 Å². The highest BCUT2D eigenvalue weighted by Crippen LogP contribution is 2.46. The molecule has 1 aliphatic heterocycles. The van der Waals surface area contributed by atoms with Crippen LogP contribution in [0.4, 0.5) is 0 Å². The fourth-order valence-electron chi connectivity index (χ4n) is 3.19.